The van der Waals surface area contributed by atoms with E-state index in [9.17, 15) is 0 Å². The highest BCUT2D eigenvalue weighted by Crippen LogP contribution is 2.09. The van der Waals surface area contributed by atoms with Crippen LogP contribution in [0, 0.1) is 0 Å². The van der Waals surface area contributed by atoms with Gasteiger partial charge in [-0.2, -0.15) is 0 Å². The van der Waals surface area contributed by atoms with Gasteiger partial charge in [0, 0.05) is 19.2 Å². The predicted molar refractivity (Wildman–Crippen MR) is 52.0 cm³/mol. The van der Waals surface area contributed by atoms with Crippen molar-refractivity contribution >= 4 is 0 Å². The number of rotatable bonds is 3. The van der Waals surface area contributed by atoms with Crippen molar-refractivity contribution in [3.05, 3.63) is 17.5 Å². The molecule has 0 spiro atoms. The van der Waals surface area contributed by atoms with E-state index < -0.39 is 0 Å². The summed E-state index contributed by atoms with van der Waals surface area (Å²) < 4.78 is 10.5. The highest BCUT2D eigenvalue weighted by Gasteiger charge is 2.13. The maximum atomic E-state index is 5.28. The van der Waals surface area contributed by atoms with E-state index in [1.54, 1.807) is 0 Å². The number of aromatic nitrogens is 1. The maximum absolute atomic E-state index is 5.28. The lowest BCUT2D eigenvalue weighted by Gasteiger charge is -2.25. The molecule has 0 unspecified atom stereocenters. The van der Waals surface area contributed by atoms with Gasteiger partial charge in [-0.25, -0.2) is 0 Å². The number of ether oxygens (including phenoxy) is 1. The van der Waals surface area contributed by atoms with E-state index in [1.807, 2.05) is 6.07 Å². The zero-order chi connectivity index (χ0) is 9.80. The van der Waals surface area contributed by atoms with Gasteiger partial charge in [0.1, 0.15) is 0 Å². The largest absolute Gasteiger partial charge is 0.379 e. The lowest BCUT2D eigenvalue weighted by atomic mass is 10.3. The molecule has 0 aromatic carbocycles. The van der Waals surface area contributed by atoms with Gasteiger partial charge < -0.3 is 9.26 Å². The summed E-state index contributed by atoms with van der Waals surface area (Å²) in [5.41, 5.74) is 1.04. The number of aryl methyl sites for hydroxylation is 1. The zero-order valence-corrected chi connectivity index (χ0v) is 8.53. The van der Waals surface area contributed by atoms with E-state index in [4.69, 9.17) is 9.26 Å². The van der Waals surface area contributed by atoms with Gasteiger partial charge in [0.05, 0.1) is 25.5 Å². The second kappa shape index (κ2) is 4.57. The van der Waals surface area contributed by atoms with Gasteiger partial charge in [-0.1, -0.05) is 12.1 Å². The second-order valence-electron chi connectivity index (χ2n) is 3.53. The minimum absolute atomic E-state index is 0.828. The van der Waals surface area contributed by atoms with Crippen LogP contribution in [0.4, 0.5) is 0 Å². The molecule has 4 heteroatoms. The molecule has 1 aromatic heterocycles. The number of hydrogen-bond acceptors (Lipinski definition) is 4. The number of hydrogen-bond donors (Lipinski definition) is 0. The van der Waals surface area contributed by atoms with Crippen LogP contribution in [-0.4, -0.2) is 36.4 Å². The first kappa shape index (κ1) is 9.68. The Hall–Kier alpha value is -0.870. The first-order chi connectivity index (χ1) is 6.88. The summed E-state index contributed by atoms with van der Waals surface area (Å²) in [5.74, 6) is 0.962. The lowest BCUT2D eigenvalue weighted by molar-refractivity contribution is 0.0305. The Bertz CT molecular complexity index is 279. The van der Waals surface area contributed by atoms with E-state index >= 15 is 0 Å². The molecule has 1 aliphatic heterocycles. The van der Waals surface area contributed by atoms with Gasteiger partial charge in [-0.15, -0.1) is 0 Å². The summed E-state index contributed by atoms with van der Waals surface area (Å²) >= 11 is 0. The van der Waals surface area contributed by atoms with E-state index in [1.165, 1.54) is 0 Å². The molecule has 78 valence electrons. The Labute approximate surface area is 83.8 Å². The molecule has 14 heavy (non-hydrogen) atoms. The molecule has 1 aromatic rings. The molecule has 2 rings (SSSR count). The first-order valence-electron chi connectivity index (χ1n) is 5.13. The Morgan fingerprint density at radius 1 is 1.43 bits per heavy atom. The fourth-order valence-corrected chi connectivity index (χ4v) is 1.58. The fraction of sp³-hybridized carbons (Fsp3) is 0.700. The number of nitrogens with zero attached hydrogens (tertiary/aromatic N) is 2. The van der Waals surface area contributed by atoms with Crippen molar-refractivity contribution in [1.82, 2.24) is 10.1 Å². The smallest absolute Gasteiger partial charge is 0.150 e. The van der Waals surface area contributed by atoms with E-state index in [0.29, 0.717) is 0 Å². The standard InChI is InChI=1S/C10H16N2O2/c1-2-9-7-10(14-11-9)8-12-3-5-13-6-4-12/h7H,2-6,8H2,1H3. The van der Waals surface area contributed by atoms with Crippen molar-refractivity contribution in [1.29, 1.82) is 0 Å². The summed E-state index contributed by atoms with van der Waals surface area (Å²) in [6.07, 6.45) is 0.937. The second-order valence-corrected chi connectivity index (χ2v) is 3.53. The molecule has 0 radical (unpaired) electrons. The SMILES string of the molecule is CCc1cc(CN2CCOCC2)on1. The van der Waals surface area contributed by atoms with Crippen LogP contribution in [-0.2, 0) is 17.7 Å². The van der Waals surface area contributed by atoms with Crippen molar-refractivity contribution in [2.24, 2.45) is 0 Å². The third-order valence-electron chi connectivity index (χ3n) is 2.45. The van der Waals surface area contributed by atoms with Crippen LogP contribution in [0.5, 0.6) is 0 Å². The molecular formula is C10H16N2O2. The van der Waals surface area contributed by atoms with E-state index in [2.05, 4.69) is 17.0 Å². The van der Waals surface area contributed by atoms with Crippen LogP contribution in [0.15, 0.2) is 10.6 Å². The summed E-state index contributed by atoms with van der Waals surface area (Å²) in [4.78, 5) is 2.32. The summed E-state index contributed by atoms with van der Waals surface area (Å²) in [7, 11) is 0. The maximum Gasteiger partial charge on any atom is 0.150 e. The fourth-order valence-electron chi connectivity index (χ4n) is 1.58. The van der Waals surface area contributed by atoms with Crippen LogP contribution < -0.4 is 0 Å². The number of morpholine rings is 1. The van der Waals surface area contributed by atoms with Gasteiger partial charge in [-0.05, 0) is 6.42 Å². The van der Waals surface area contributed by atoms with E-state index in [0.717, 1.165) is 50.7 Å². The van der Waals surface area contributed by atoms with Gasteiger partial charge in [0.2, 0.25) is 0 Å². The highest BCUT2D eigenvalue weighted by molar-refractivity contribution is 5.04. The van der Waals surface area contributed by atoms with Gasteiger partial charge >= 0.3 is 0 Å². The minimum Gasteiger partial charge on any atom is -0.379 e. The molecule has 0 saturated carbocycles. The highest BCUT2D eigenvalue weighted by atomic mass is 16.5. The molecule has 1 saturated heterocycles. The molecule has 1 aliphatic rings. The van der Waals surface area contributed by atoms with E-state index in [-0.39, 0.29) is 0 Å². The van der Waals surface area contributed by atoms with Gasteiger partial charge in [-0.3, -0.25) is 4.90 Å². The van der Waals surface area contributed by atoms with Crippen molar-refractivity contribution in [3.63, 3.8) is 0 Å². The van der Waals surface area contributed by atoms with Crippen LogP contribution in [0.1, 0.15) is 18.4 Å². The van der Waals surface area contributed by atoms with Gasteiger partial charge in [0.25, 0.3) is 0 Å². The quantitative estimate of drug-likeness (QED) is 0.724. The Kier molecular flexibility index (Phi) is 3.16. The third kappa shape index (κ3) is 2.33. The molecule has 0 bridgehead atoms. The van der Waals surface area contributed by atoms with Gasteiger partial charge in [0.15, 0.2) is 5.76 Å². The molecule has 0 aliphatic carbocycles. The molecule has 1 fully saturated rings. The van der Waals surface area contributed by atoms with Crippen LogP contribution in [0.2, 0.25) is 0 Å². The average molecular weight is 196 g/mol. The van der Waals surface area contributed by atoms with Crippen LogP contribution in [0.3, 0.4) is 0 Å². The normalized spacial score (nSPS) is 18.6. The molecule has 2 heterocycles. The monoisotopic (exact) mass is 196 g/mol. The van der Waals surface area contributed by atoms with Crippen LogP contribution >= 0.6 is 0 Å². The molecule has 0 atom stereocenters. The third-order valence-corrected chi connectivity index (χ3v) is 2.45. The summed E-state index contributed by atoms with van der Waals surface area (Å²) in [5, 5.41) is 3.97. The van der Waals surface area contributed by atoms with Crippen molar-refractivity contribution < 1.29 is 9.26 Å². The lowest BCUT2D eigenvalue weighted by Crippen LogP contribution is -2.35. The minimum atomic E-state index is 0.828. The zero-order valence-electron chi connectivity index (χ0n) is 8.53. The van der Waals surface area contributed by atoms with Crippen LogP contribution in [0.25, 0.3) is 0 Å². The topological polar surface area (TPSA) is 38.5 Å². The molecule has 0 amide bonds. The molecular weight excluding hydrogens is 180 g/mol. The summed E-state index contributed by atoms with van der Waals surface area (Å²) in [6, 6.07) is 2.04. The molecule has 0 N–H and O–H groups in total. The van der Waals surface area contributed by atoms with Crippen molar-refractivity contribution in [2.45, 2.75) is 19.9 Å². The summed E-state index contributed by atoms with van der Waals surface area (Å²) in [6.45, 7) is 6.57. The molecule has 4 nitrogen and oxygen atoms in total. The Morgan fingerprint density at radius 3 is 2.86 bits per heavy atom. The Morgan fingerprint density at radius 2 is 2.21 bits per heavy atom. The first-order valence-corrected chi connectivity index (χ1v) is 5.13. The predicted octanol–water partition coefficient (Wildman–Crippen LogP) is 1.07. The Balaban J connectivity index is 1.89. The average Bonchev–Trinajstić information content (AvgIpc) is 2.67. The van der Waals surface area contributed by atoms with Crippen molar-refractivity contribution in [3.8, 4) is 0 Å². The van der Waals surface area contributed by atoms with Crippen molar-refractivity contribution in [2.75, 3.05) is 26.3 Å².